The Morgan fingerprint density at radius 3 is 2.41 bits per heavy atom. The molecule has 0 radical (unpaired) electrons. The fourth-order valence-electron chi connectivity index (χ4n) is 4.32. The van der Waals surface area contributed by atoms with Crippen molar-refractivity contribution in [3.63, 3.8) is 0 Å². The van der Waals surface area contributed by atoms with Crippen LogP contribution >= 0.6 is 0 Å². The summed E-state index contributed by atoms with van der Waals surface area (Å²) < 4.78 is 39.8. The molecule has 2 aliphatic carbocycles. The second-order valence-corrected chi connectivity index (χ2v) is 7.54. The molecular weight excluding hydrogens is 382 g/mol. The summed E-state index contributed by atoms with van der Waals surface area (Å²) in [6.07, 6.45) is -0.634. The van der Waals surface area contributed by atoms with Gasteiger partial charge in [-0.25, -0.2) is 8.78 Å². The first kappa shape index (κ1) is 18.0. The molecule has 3 aromatic rings. The van der Waals surface area contributed by atoms with Crippen molar-refractivity contribution in [1.82, 2.24) is 20.4 Å². The minimum atomic E-state index is -1.34. The van der Waals surface area contributed by atoms with Crippen molar-refractivity contribution >= 4 is 0 Å². The zero-order valence-electron chi connectivity index (χ0n) is 15.3. The number of phenols is 1. The number of phenolic OH excluding ortho intramolecular Hbond substituents is 1. The molecule has 2 saturated carbocycles. The van der Waals surface area contributed by atoms with Crippen molar-refractivity contribution in [3.05, 3.63) is 36.7 Å². The number of ether oxygens (including phenoxy) is 1. The first-order valence-corrected chi connectivity index (χ1v) is 9.48. The van der Waals surface area contributed by atoms with E-state index in [2.05, 4.69) is 20.4 Å². The van der Waals surface area contributed by atoms with Gasteiger partial charge in [0.05, 0.1) is 5.69 Å². The van der Waals surface area contributed by atoms with Gasteiger partial charge in [0.2, 0.25) is 18.2 Å². The second-order valence-electron chi connectivity index (χ2n) is 7.54. The maximum absolute atomic E-state index is 14.6. The molecule has 1 aromatic carbocycles. The van der Waals surface area contributed by atoms with Gasteiger partial charge in [0.25, 0.3) is 0 Å². The van der Waals surface area contributed by atoms with E-state index in [-0.39, 0.29) is 29.4 Å². The van der Waals surface area contributed by atoms with Crippen molar-refractivity contribution in [2.75, 3.05) is 0 Å². The van der Waals surface area contributed by atoms with Gasteiger partial charge in [0.1, 0.15) is 18.1 Å². The molecule has 5 rings (SSSR count). The highest BCUT2D eigenvalue weighted by molar-refractivity contribution is 5.71. The molecule has 9 heteroatoms. The Balaban J connectivity index is 1.34. The van der Waals surface area contributed by atoms with Crippen LogP contribution in [0.4, 0.5) is 8.78 Å². The van der Waals surface area contributed by atoms with Gasteiger partial charge in [0, 0.05) is 17.2 Å². The van der Waals surface area contributed by atoms with Crippen molar-refractivity contribution in [2.24, 2.45) is 11.8 Å². The summed E-state index contributed by atoms with van der Waals surface area (Å²) in [6, 6.07) is 7.92. The molecule has 2 heterocycles. The van der Waals surface area contributed by atoms with Crippen LogP contribution < -0.4 is 4.74 Å². The van der Waals surface area contributed by atoms with Crippen LogP contribution in [0.2, 0.25) is 0 Å². The quantitative estimate of drug-likeness (QED) is 0.713. The summed E-state index contributed by atoms with van der Waals surface area (Å²) in [5.74, 6) is 0.0225. The number of aromatic nitrogens is 4. The van der Waals surface area contributed by atoms with E-state index in [1.54, 1.807) is 18.2 Å². The number of halogens is 2. The van der Waals surface area contributed by atoms with Crippen LogP contribution in [0.25, 0.3) is 22.7 Å². The van der Waals surface area contributed by atoms with Crippen LogP contribution in [0, 0.1) is 11.8 Å². The third-order valence-corrected chi connectivity index (χ3v) is 5.82. The molecule has 2 aromatic heterocycles. The summed E-state index contributed by atoms with van der Waals surface area (Å²) in [5.41, 5.74) is 1.39. The molecule has 2 fully saturated rings. The zero-order chi connectivity index (χ0) is 20.0. The highest BCUT2D eigenvalue weighted by Gasteiger charge is 2.50. The maximum Gasteiger partial charge on any atom is 0.247 e. The van der Waals surface area contributed by atoms with Crippen LogP contribution in [0.5, 0.6) is 11.6 Å². The van der Waals surface area contributed by atoms with E-state index >= 15 is 0 Å². The number of rotatable bonds is 4. The second kappa shape index (κ2) is 7.06. The summed E-state index contributed by atoms with van der Waals surface area (Å²) in [4.78, 5) is 0. The fourth-order valence-corrected chi connectivity index (χ4v) is 4.32. The van der Waals surface area contributed by atoms with Crippen LogP contribution in [0.1, 0.15) is 19.3 Å². The summed E-state index contributed by atoms with van der Waals surface area (Å²) in [6.45, 7) is 0. The van der Waals surface area contributed by atoms with Gasteiger partial charge in [0.15, 0.2) is 6.10 Å². The number of benzene rings is 1. The average Bonchev–Trinajstić information content (AvgIpc) is 3.42. The minimum absolute atomic E-state index is 0.0415. The topological polar surface area (TPSA) is 94.2 Å². The number of alkyl halides is 2. The van der Waals surface area contributed by atoms with Crippen molar-refractivity contribution in [3.8, 4) is 34.3 Å². The largest absolute Gasteiger partial charge is 0.507 e. The molecule has 7 nitrogen and oxygen atoms in total. The molecule has 0 unspecified atom stereocenters. The molecule has 0 spiro atoms. The van der Waals surface area contributed by atoms with Gasteiger partial charge in [-0.3, -0.25) is 0 Å². The van der Waals surface area contributed by atoms with E-state index in [1.807, 2.05) is 0 Å². The molecule has 2 aliphatic rings. The monoisotopic (exact) mass is 400 g/mol. The lowest BCUT2D eigenvalue weighted by Crippen LogP contribution is -2.47. The highest BCUT2D eigenvalue weighted by Crippen LogP contribution is 2.46. The third kappa shape index (κ3) is 3.20. The van der Waals surface area contributed by atoms with Gasteiger partial charge in [-0.2, -0.15) is 0 Å². The normalized spacial score (nSPS) is 28.4. The van der Waals surface area contributed by atoms with Crippen molar-refractivity contribution < 1.29 is 23.0 Å². The Kier molecular flexibility index (Phi) is 4.37. The van der Waals surface area contributed by atoms with Crippen LogP contribution in [0.15, 0.2) is 41.1 Å². The molecule has 1 N–H and O–H groups in total. The molecule has 150 valence electrons. The van der Waals surface area contributed by atoms with Crippen LogP contribution in [-0.2, 0) is 0 Å². The van der Waals surface area contributed by atoms with Crippen molar-refractivity contribution in [1.29, 1.82) is 0 Å². The van der Waals surface area contributed by atoms with E-state index in [9.17, 15) is 13.9 Å². The van der Waals surface area contributed by atoms with Crippen LogP contribution in [-0.4, -0.2) is 43.9 Å². The smallest absolute Gasteiger partial charge is 0.247 e. The molecule has 2 bridgehead atoms. The molecule has 29 heavy (non-hydrogen) atoms. The lowest BCUT2D eigenvalue weighted by Gasteiger charge is -2.34. The molecule has 0 saturated heterocycles. The van der Waals surface area contributed by atoms with Gasteiger partial charge in [-0.05, 0) is 55.4 Å². The Morgan fingerprint density at radius 1 is 1.00 bits per heavy atom. The fraction of sp³-hybridized carbons (Fsp3) is 0.400. The molecule has 0 aliphatic heterocycles. The molecular formula is C20H18F2N4O3. The Bertz CT molecular complexity index is 983. The summed E-state index contributed by atoms with van der Waals surface area (Å²) in [7, 11) is 0. The van der Waals surface area contributed by atoms with Crippen molar-refractivity contribution in [2.45, 2.75) is 37.7 Å². The first-order valence-electron chi connectivity index (χ1n) is 9.48. The Morgan fingerprint density at radius 2 is 1.79 bits per heavy atom. The molecule has 0 amide bonds. The maximum atomic E-state index is 14.6. The van der Waals surface area contributed by atoms with Gasteiger partial charge in [-0.15, -0.1) is 20.4 Å². The molecule has 5 atom stereocenters. The van der Waals surface area contributed by atoms with Gasteiger partial charge < -0.3 is 14.3 Å². The van der Waals surface area contributed by atoms with Crippen LogP contribution in [0.3, 0.4) is 0 Å². The predicted molar refractivity (Wildman–Crippen MR) is 97.5 cm³/mol. The van der Waals surface area contributed by atoms with E-state index in [0.717, 1.165) is 0 Å². The number of fused-ring (bicyclic) bond motifs is 2. The number of hydrogen-bond donors (Lipinski definition) is 1. The van der Waals surface area contributed by atoms with E-state index in [1.165, 1.54) is 18.5 Å². The average molecular weight is 400 g/mol. The summed E-state index contributed by atoms with van der Waals surface area (Å²) in [5, 5.41) is 25.7. The van der Waals surface area contributed by atoms with E-state index in [4.69, 9.17) is 9.15 Å². The lowest BCUT2D eigenvalue weighted by atomic mass is 9.84. The lowest BCUT2D eigenvalue weighted by molar-refractivity contribution is -0.0384. The van der Waals surface area contributed by atoms with Gasteiger partial charge in [-0.1, -0.05) is 0 Å². The standard InChI is InChI=1S/C20H18F2N4O3/c21-17-10-1-2-11(7-10)18(22)19(17)29-16-6-5-14(24-25-16)13-4-3-12(8-15(13)27)20-26-23-9-28-20/h3-6,8-11,17-19,27H,1-2,7H2/t10-,11+,17+,18-,19+. The first-order chi connectivity index (χ1) is 14.1. The Labute approximate surface area is 164 Å². The predicted octanol–water partition coefficient (Wildman–Crippen LogP) is 3.75. The zero-order valence-corrected chi connectivity index (χ0v) is 15.3. The Hall–Kier alpha value is -3.10. The third-order valence-electron chi connectivity index (χ3n) is 5.82. The number of nitrogens with zero attached hydrogens (tertiary/aromatic N) is 4. The summed E-state index contributed by atoms with van der Waals surface area (Å²) >= 11 is 0. The van der Waals surface area contributed by atoms with E-state index in [0.29, 0.717) is 36.1 Å². The highest BCUT2D eigenvalue weighted by atomic mass is 19.1. The SMILES string of the molecule is Oc1cc(-c2nnco2)ccc1-c1ccc(O[C@@H]2[C@H](F)[C@H]3CC[C@H](C3)[C@@H]2F)nn1. The van der Waals surface area contributed by atoms with Gasteiger partial charge >= 0.3 is 0 Å². The van der Waals surface area contributed by atoms with E-state index < -0.39 is 18.4 Å². The number of hydrogen-bond acceptors (Lipinski definition) is 7. The minimum Gasteiger partial charge on any atom is -0.507 e. The number of aromatic hydroxyl groups is 1.